The average Bonchev–Trinajstić information content (AvgIpc) is 2.62. The zero-order chi connectivity index (χ0) is 7.30. The molecule has 1 saturated carbocycles. The van der Waals surface area contributed by atoms with E-state index in [9.17, 15) is 0 Å². The van der Waals surface area contributed by atoms with Crippen molar-refractivity contribution < 1.29 is 4.74 Å². The molecule has 0 radical (unpaired) electrons. The molecule has 58 valence electrons. The predicted molar refractivity (Wildman–Crippen MR) is 47.9 cm³/mol. The Morgan fingerprint density at radius 1 is 1.40 bits per heavy atom. The summed E-state index contributed by atoms with van der Waals surface area (Å²) in [6, 6.07) is 0. The summed E-state index contributed by atoms with van der Waals surface area (Å²) >= 11 is 7.29. The van der Waals surface area contributed by atoms with Crippen LogP contribution in [0.4, 0.5) is 0 Å². The Hall–Kier alpha value is 0.920. The zero-order valence-electron chi connectivity index (χ0n) is 5.76. The minimum absolute atomic E-state index is 0.554. The number of ether oxygens (including phenoxy) is 1. The van der Waals surface area contributed by atoms with Crippen LogP contribution in [-0.2, 0) is 4.74 Å². The van der Waals surface area contributed by atoms with Crippen LogP contribution in [0.3, 0.4) is 0 Å². The quantitative estimate of drug-likeness (QED) is 0.486. The van der Waals surface area contributed by atoms with Gasteiger partial charge in [-0.05, 0) is 12.3 Å². The maximum Gasteiger partial charge on any atom is 0.0878 e. The lowest BCUT2D eigenvalue weighted by Crippen LogP contribution is -2.32. The highest BCUT2D eigenvalue weighted by molar-refractivity contribution is 9.12. The molecule has 0 aromatic carbocycles. The summed E-state index contributed by atoms with van der Waals surface area (Å²) < 4.78 is 5.47. The number of hydrogen-bond donors (Lipinski definition) is 0. The molecule has 0 spiro atoms. The lowest BCUT2D eigenvalue weighted by atomic mass is 9.91. The molecule has 1 aliphatic carbocycles. The van der Waals surface area contributed by atoms with E-state index in [0.717, 1.165) is 0 Å². The van der Waals surface area contributed by atoms with Gasteiger partial charge in [-0.15, -0.1) is 0 Å². The SMILES string of the molecule is CC1C(Br)C(Br)CC2OC21. The Balaban J connectivity index is 2.07. The third kappa shape index (κ3) is 1.07. The van der Waals surface area contributed by atoms with Gasteiger partial charge in [0.05, 0.1) is 12.2 Å². The summed E-state index contributed by atoms with van der Waals surface area (Å²) in [5, 5.41) is 0. The van der Waals surface area contributed by atoms with Crippen LogP contribution in [0.25, 0.3) is 0 Å². The van der Waals surface area contributed by atoms with Crippen molar-refractivity contribution in [2.75, 3.05) is 0 Å². The molecule has 10 heavy (non-hydrogen) atoms. The fourth-order valence-corrected chi connectivity index (χ4v) is 3.04. The van der Waals surface area contributed by atoms with Gasteiger partial charge in [-0.25, -0.2) is 0 Å². The normalized spacial score (nSPS) is 59.7. The predicted octanol–water partition coefficient (Wildman–Crippen LogP) is 2.32. The zero-order valence-corrected chi connectivity index (χ0v) is 8.93. The Morgan fingerprint density at radius 2 is 2.10 bits per heavy atom. The molecule has 1 heterocycles. The van der Waals surface area contributed by atoms with E-state index in [1.165, 1.54) is 6.42 Å². The Labute approximate surface area is 77.8 Å². The maximum atomic E-state index is 5.47. The highest BCUT2D eigenvalue weighted by Crippen LogP contribution is 2.45. The molecule has 0 aromatic rings. The standard InChI is InChI=1S/C7H10Br2O/c1-3-6(9)4(8)2-5-7(3)10-5/h3-7H,2H2,1H3. The van der Waals surface area contributed by atoms with Crippen molar-refractivity contribution in [3.05, 3.63) is 0 Å². The molecule has 2 fully saturated rings. The molecule has 0 bridgehead atoms. The molecule has 2 rings (SSSR count). The first-order valence-electron chi connectivity index (χ1n) is 3.64. The average molecular weight is 270 g/mol. The Bertz CT molecular complexity index is 149. The largest absolute Gasteiger partial charge is 0.369 e. The molecule has 1 saturated heterocycles. The van der Waals surface area contributed by atoms with Crippen molar-refractivity contribution in [3.63, 3.8) is 0 Å². The van der Waals surface area contributed by atoms with Gasteiger partial charge >= 0.3 is 0 Å². The van der Waals surface area contributed by atoms with Crippen molar-refractivity contribution in [3.8, 4) is 0 Å². The van der Waals surface area contributed by atoms with Crippen LogP contribution in [0.2, 0.25) is 0 Å². The van der Waals surface area contributed by atoms with Crippen LogP contribution in [0.5, 0.6) is 0 Å². The maximum absolute atomic E-state index is 5.47. The number of fused-ring (bicyclic) bond motifs is 1. The number of alkyl halides is 2. The second-order valence-electron chi connectivity index (χ2n) is 3.19. The third-order valence-electron chi connectivity index (χ3n) is 2.45. The van der Waals surface area contributed by atoms with Crippen LogP contribution < -0.4 is 0 Å². The van der Waals surface area contributed by atoms with Gasteiger partial charge < -0.3 is 4.74 Å². The summed E-state index contributed by atoms with van der Waals surface area (Å²) in [6.07, 6.45) is 2.29. The Morgan fingerprint density at radius 3 is 2.80 bits per heavy atom. The molecule has 0 amide bonds. The van der Waals surface area contributed by atoms with Crippen LogP contribution in [-0.4, -0.2) is 21.9 Å². The summed E-state index contributed by atoms with van der Waals surface area (Å²) in [5.74, 6) is 0.670. The van der Waals surface area contributed by atoms with Crippen molar-refractivity contribution in [1.82, 2.24) is 0 Å². The van der Waals surface area contributed by atoms with Crippen LogP contribution >= 0.6 is 31.9 Å². The minimum atomic E-state index is 0.554. The summed E-state index contributed by atoms with van der Waals surface area (Å²) in [5.41, 5.74) is 0. The fraction of sp³-hybridized carbons (Fsp3) is 1.00. The lowest BCUT2D eigenvalue weighted by molar-refractivity contribution is 0.340. The van der Waals surface area contributed by atoms with Gasteiger partial charge in [-0.1, -0.05) is 38.8 Å². The van der Waals surface area contributed by atoms with Gasteiger partial charge in [-0.2, -0.15) is 0 Å². The topological polar surface area (TPSA) is 12.5 Å². The highest BCUT2D eigenvalue weighted by atomic mass is 79.9. The van der Waals surface area contributed by atoms with Crippen molar-refractivity contribution >= 4 is 31.9 Å². The van der Waals surface area contributed by atoms with Gasteiger partial charge in [-0.3, -0.25) is 0 Å². The fourth-order valence-electron chi connectivity index (χ4n) is 1.67. The number of halogens is 2. The highest BCUT2D eigenvalue weighted by Gasteiger charge is 2.51. The molecular formula is C7H10Br2O. The van der Waals surface area contributed by atoms with E-state index in [-0.39, 0.29) is 0 Å². The minimum Gasteiger partial charge on any atom is -0.369 e. The first kappa shape index (κ1) is 7.56. The second-order valence-corrected chi connectivity index (χ2v) is 5.43. The van der Waals surface area contributed by atoms with Crippen LogP contribution in [0.15, 0.2) is 0 Å². The van der Waals surface area contributed by atoms with Crippen LogP contribution in [0.1, 0.15) is 13.3 Å². The first-order chi connectivity index (χ1) is 4.70. The van der Waals surface area contributed by atoms with Crippen molar-refractivity contribution in [2.45, 2.75) is 35.2 Å². The van der Waals surface area contributed by atoms with E-state index in [1.807, 2.05) is 0 Å². The van der Waals surface area contributed by atoms with Gasteiger partial charge in [0.25, 0.3) is 0 Å². The van der Waals surface area contributed by atoms with E-state index in [1.54, 1.807) is 0 Å². The van der Waals surface area contributed by atoms with E-state index < -0.39 is 0 Å². The summed E-state index contributed by atoms with van der Waals surface area (Å²) in [6.45, 7) is 2.25. The molecular weight excluding hydrogens is 260 g/mol. The number of epoxide rings is 1. The van der Waals surface area contributed by atoms with E-state index >= 15 is 0 Å². The molecule has 5 atom stereocenters. The second kappa shape index (κ2) is 2.46. The van der Waals surface area contributed by atoms with E-state index in [0.29, 0.717) is 27.8 Å². The smallest absolute Gasteiger partial charge is 0.0878 e. The van der Waals surface area contributed by atoms with Gasteiger partial charge in [0, 0.05) is 9.65 Å². The number of rotatable bonds is 0. The monoisotopic (exact) mass is 268 g/mol. The van der Waals surface area contributed by atoms with Gasteiger partial charge in [0.15, 0.2) is 0 Å². The van der Waals surface area contributed by atoms with Gasteiger partial charge in [0.2, 0.25) is 0 Å². The number of hydrogen-bond acceptors (Lipinski definition) is 1. The van der Waals surface area contributed by atoms with E-state index in [4.69, 9.17) is 4.74 Å². The van der Waals surface area contributed by atoms with Gasteiger partial charge in [0.1, 0.15) is 0 Å². The third-order valence-corrected chi connectivity index (χ3v) is 5.57. The Kier molecular flexibility index (Phi) is 1.86. The molecule has 5 unspecified atom stereocenters. The first-order valence-corrected chi connectivity index (χ1v) is 5.47. The van der Waals surface area contributed by atoms with Crippen LogP contribution in [0, 0.1) is 5.92 Å². The summed E-state index contributed by atoms with van der Waals surface area (Å²) in [7, 11) is 0. The molecule has 0 aromatic heterocycles. The molecule has 3 heteroatoms. The van der Waals surface area contributed by atoms with Crippen molar-refractivity contribution in [1.29, 1.82) is 0 Å². The molecule has 1 nitrogen and oxygen atoms in total. The summed E-state index contributed by atoms with van der Waals surface area (Å²) in [4.78, 5) is 1.20. The van der Waals surface area contributed by atoms with Crippen molar-refractivity contribution in [2.24, 2.45) is 5.92 Å². The van der Waals surface area contributed by atoms with E-state index in [2.05, 4.69) is 38.8 Å². The molecule has 2 aliphatic rings. The molecule has 0 N–H and O–H groups in total. The lowest BCUT2D eigenvalue weighted by Gasteiger charge is -2.25. The molecule has 1 aliphatic heterocycles.